The number of fused-ring (bicyclic) bond motifs is 6. The van der Waals surface area contributed by atoms with Gasteiger partial charge in [0.25, 0.3) is 0 Å². The van der Waals surface area contributed by atoms with Gasteiger partial charge in [-0.25, -0.2) is 4.39 Å². The molecule has 0 N–H and O–H groups in total. The van der Waals surface area contributed by atoms with Gasteiger partial charge in [-0.15, -0.1) is 0 Å². The van der Waals surface area contributed by atoms with Crippen molar-refractivity contribution in [1.29, 1.82) is 0 Å². The number of hydrogen-bond donors (Lipinski definition) is 0. The molecule has 3 heteroatoms. The molecule has 3 aromatic carbocycles. The smallest absolute Gasteiger partial charge is 0.133 e. The molecule has 0 spiro atoms. The number of nitrogens with zero attached hydrogens (tertiary/aromatic N) is 2. The van der Waals surface area contributed by atoms with Gasteiger partial charge in [0.2, 0.25) is 0 Å². The second-order valence-corrected chi connectivity index (χ2v) is 7.67. The quantitative estimate of drug-likeness (QED) is 0.227. The first kappa shape index (κ1) is 14.9. The molecule has 2 nitrogen and oxygen atoms in total. The number of rotatable bonds is 0. The van der Waals surface area contributed by atoms with E-state index in [0.717, 1.165) is 49.2 Å². The molecule has 0 aliphatic rings. The average molecular weight is 352 g/mol. The molecule has 0 amide bonds. The Balaban J connectivity index is 2.14. The normalized spacial score (nSPS) is 12.4. The average Bonchev–Trinajstić information content (AvgIpc) is 2.96. The Morgan fingerprint density at radius 3 is 2.48 bits per heavy atom. The Morgan fingerprint density at radius 1 is 0.815 bits per heavy atom. The zero-order chi connectivity index (χ0) is 18.4. The van der Waals surface area contributed by atoms with Crippen LogP contribution in [0, 0.1) is 26.6 Å². The van der Waals surface area contributed by atoms with E-state index in [1.165, 1.54) is 11.1 Å². The van der Waals surface area contributed by atoms with Crippen LogP contribution in [0.3, 0.4) is 0 Å². The number of halogens is 1. The molecule has 0 fully saturated rings. The van der Waals surface area contributed by atoms with Crippen molar-refractivity contribution in [2.45, 2.75) is 20.8 Å². The summed E-state index contributed by atoms with van der Waals surface area (Å²) in [7, 11) is 0. The van der Waals surface area contributed by atoms with E-state index in [1.807, 2.05) is 6.07 Å². The van der Waals surface area contributed by atoms with Gasteiger partial charge in [-0.05, 0) is 62.1 Å². The molecule has 130 valence electrons. The third kappa shape index (κ3) is 1.72. The van der Waals surface area contributed by atoms with Crippen LogP contribution in [-0.2, 0) is 0 Å². The van der Waals surface area contributed by atoms with Gasteiger partial charge in [-0.1, -0.05) is 23.3 Å². The van der Waals surface area contributed by atoms with Crippen LogP contribution < -0.4 is 0 Å². The van der Waals surface area contributed by atoms with Gasteiger partial charge in [-0.3, -0.25) is 4.98 Å². The third-order valence-corrected chi connectivity index (χ3v) is 5.79. The summed E-state index contributed by atoms with van der Waals surface area (Å²) in [4.78, 5) is 4.73. The van der Waals surface area contributed by atoms with Crippen LogP contribution in [0.1, 0.15) is 16.7 Å². The van der Waals surface area contributed by atoms with E-state index in [4.69, 9.17) is 4.98 Å². The van der Waals surface area contributed by atoms with Crippen molar-refractivity contribution in [2.24, 2.45) is 0 Å². The van der Waals surface area contributed by atoms with Gasteiger partial charge in [0.1, 0.15) is 5.82 Å². The maximum absolute atomic E-state index is 15.3. The van der Waals surface area contributed by atoms with E-state index in [2.05, 4.69) is 55.5 Å². The minimum atomic E-state index is -0.169. The van der Waals surface area contributed by atoms with Gasteiger partial charge >= 0.3 is 0 Å². The molecule has 6 aromatic rings. The summed E-state index contributed by atoms with van der Waals surface area (Å²) in [6.07, 6.45) is 1.78. The fourth-order valence-corrected chi connectivity index (χ4v) is 4.81. The lowest BCUT2D eigenvalue weighted by atomic mass is 9.99. The van der Waals surface area contributed by atoms with Crippen molar-refractivity contribution in [3.05, 3.63) is 71.2 Å². The van der Waals surface area contributed by atoms with Crippen LogP contribution in [-0.4, -0.2) is 9.38 Å². The Bertz CT molecular complexity index is 1560. The lowest BCUT2D eigenvalue weighted by Gasteiger charge is -2.14. The number of benzene rings is 3. The van der Waals surface area contributed by atoms with E-state index >= 15 is 4.39 Å². The molecule has 0 saturated heterocycles. The fourth-order valence-electron chi connectivity index (χ4n) is 4.81. The lowest BCUT2D eigenvalue weighted by Crippen LogP contribution is -1.97. The molecule has 3 aromatic heterocycles. The first-order valence-electron chi connectivity index (χ1n) is 9.18. The van der Waals surface area contributed by atoms with Crippen molar-refractivity contribution in [1.82, 2.24) is 9.38 Å². The zero-order valence-corrected chi connectivity index (χ0v) is 15.4. The van der Waals surface area contributed by atoms with Crippen LogP contribution in [0.25, 0.3) is 49.0 Å². The molecule has 0 atom stereocenters. The predicted octanol–water partition coefficient (Wildman–Crippen LogP) is 6.45. The Hall–Kier alpha value is -3.20. The number of aryl methyl sites for hydroxylation is 3. The predicted molar refractivity (Wildman–Crippen MR) is 111 cm³/mol. The second-order valence-electron chi connectivity index (χ2n) is 7.67. The molecular formula is C24H17FN2. The minimum absolute atomic E-state index is 0.169. The van der Waals surface area contributed by atoms with E-state index < -0.39 is 0 Å². The van der Waals surface area contributed by atoms with Gasteiger partial charge in [0.15, 0.2) is 0 Å². The highest BCUT2D eigenvalue weighted by atomic mass is 19.1. The molecule has 3 heterocycles. The first-order valence-corrected chi connectivity index (χ1v) is 9.18. The van der Waals surface area contributed by atoms with Crippen molar-refractivity contribution >= 4 is 49.0 Å². The highest BCUT2D eigenvalue weighted by Crippen LogP contribution is 2.42. The molecule has 0 bridgehead atoms. The van der Waals surface area contributed by atoms with Crippen LogP contribution in [0.2, 0.25) is 0 Å². The summed E-state index contributed by atoms with van der Waals surface area (Å²) in [5, 5.41) is 4.72. The largest absolute Gasteiger partial charge is 0.307 e. The molecule has 0 radical (unpaired) electrons. The van der Waals surface area contributed by atoms with Gasteiger partial charge < -0.3 is 4.40 Å². The molecule has 0 aliphatic carbocycles. The van der Waals surface area contributed by atoms with E-state index in [9.17, 15) is 0 Å². The molecule has 0 unspecified atom stereocenters. The number of hydrogen-bond acceptors (Lipinski definition) is 1. The fraction of sp³-hybridized carbons (Fsp3) is 0.125. The van der Waals surface area contributed by atoms with Crippen molar-refractivity contribution < 1.29 is 4.39 Å². The van der Waals surface area contributed by atoms with Gasteiger partial charge in [-0.2, -0.15) is 0 Å². The molecule has 0 aliphatic heterocycles. The summed E-state index contributed by atoms with van der Waals surface area (Å²) in [6.45, 7) is 6.29. The summed E-state index contributed by atoms with van der Waals surface area (Å²) in [6, 6.07) is 14.2. The summed E-state index contributed by atoms with van der Waals surface area (Å²) in [5.74, 6) is -0.169. The third-order valence-electron chi connectivity index (χ3n) is 5.79. The Morgan fingerprint density at radius 2 is 1.63 bits per heavy atom. The Kier molecular flexibility index (Phi) is 2.62. The Labute approximate surface area is 155 Å². The molecular weight excluding hydrogens is 335 g/mol. The van der Waals surface area contributed by atoms with E-state index in [1.54, 1.807) is 12.3 Å². The van der Waals surface area contributed by atoms with Crippen molar-refractivity contribution in [3.8, 4) is 0 Å². The van der Waals surface area contributed by atoms with Crippen LogP contribution in [0.4, 0.5) is 4.39 Å². The lowest BCUT2D eigenvalue weighted by molar-refractivity contribution is 0.642. The number of pyridine rings is 2. The van der Waals surface area contributed by atoms with E-state index in [-0.39, 0.29) is 5.82 Å². The van der Waals surface area contributed by atoms with Crippen LogP contribution in [0.15, 0.2) is 48.7 Å². The molecule has 6 rings (SSSR count). The standard InChI is InChI=1S/C24H17FN2/c1-12-4-5-19-16(9-12)21-18(25)11-15-6-7-26-22-17-10-13(2)8-14(3)23(17)27(19)24(21)20(15)22/h4-11H,1-3H3. The summed E-state index contributed by atoms with van der Waals surface area (Å²) >= 11 is 0. The van der Waals surface area contributed by atoms with Crippen LogP contribution in [0.5, 0.6) is 0 Å². The van der Waals surface area contributed by atoms with Gasteiger partial charge in [0, 0.05) is 27.7 Å². The second kappa shape index (κ2) is 4.74. The van der Waals surface area contributed by atoms with Crippen molar-refractivity contribution in [3.63, 3.8) is 0 Å². The SMILES string of the molecule is Cc1ccc2c(c1)c1c(F)cc3ccnc4c5cc(C)cc(C)c5n2c1c34. The summed E-state index contributed by atoms with van der Waals surface area (Å²) in [5.41, 5.74) is 7.57. The maximum atomic E-state index is 15.3. The highest BCUT2D eigenvalue weighted by Gasteiger charge is 2.22. The topological polar surface area (TPSA) is 17.3 Å². The molecule has 0 saturated carbocycles. The zero-order valence-electron chi connectivity index (χ0n) is 15.4. The first-order chi connectivity index (χ1) is 13.0. The number of aromatic nitrogens is 2. The monoisotopic (exact) mass is 352 g/mol. The highest BCUT2D eigenvalue weighted by molar-refractivity contribution is 6.28. The van der Waals surface area contributed by atoms with Gasteiger partial charge in [0.05, 0.1) is 22.1 Å². The maximum Gasteiger partial charge on any atom is 0.133 e. The van der Waals surface area contributed by atoms with E-state index in [0.29, 0.717) is 5.39 Å². The van der Waals surface area contributed by atoms with Crippen molar-refractivity contribution in [2.75, 3.05) is 0 Å². The van der Waals surface area contributed by atoms with Crippen LogP contribution >= 0.6 is 0 Å². The molecule has 27 heavy (non-hydrogen) atoms. The minimum Gasteiger partial charge on any atom is -0.307 e. The summed E-state index contributed by atoms with van der Waals surface area (Å²) < 4.78 is 17.5.